The van der Waals surface area contributed by atoms with Crippen LogP contribution in [0.3, 0.4) is 0 Å². The van der Waals surface area contributed by atoms with Crippen molar-refractivity contribution in [1.82, 2.24) is 5.32 Å². The van der Waals surface area contributed by atoms with Crippen molar-refractivity contribution >= 4 is 12.0 Å². The molecular formula is C16H21NO3. The summed E-state index contributed by atoms with van der Waals surface area (Å²) in [5.74, 6) is 0.752. The van der Waals surface area contributed by atoms with Crippen molar-refractivity contribution in [1.29, 1.82) is 0 Å². The third-order valence-corrected chi connectivity index (χ3v) is 3.15. The van der Waals surface area contributed by atoms with E-state index in [1.165, 1.54) is 0 Å². The van der Waals surface area contributed by atoms with Crippen LogP contribution in [-0.4, -0.2) is 31.8 Å². The van der Waals surface area contributed by atoms with Crippen molar-refractivity contribution in [2.45, 2.75) is 25.9 Å². The molecule has 108 valence electrons. The smallest absolute Gasteiger partial charge is 0.244 e. The fourth-order valence-corrected chi connectivity index (χ4v) is 2.09. The molecule has 1 N–H and O–H groups in total. The Balaban J connectivity index is 1.77. The van der Waals surface area contributed by atoms with Gasteiger partial charge in [0.15, 0.2) is 0 Å². The molecule has 1 fully saturated rings. The fraction of sp³-hybridized carbons (Fsp3) is 0.438. The largest absolute Gasteiger partial charge is 0.494 e. The molecule has 0 aliphatic carbocycles. The first-order valence-corrected chi connectivity index (χ1v) is 7.08. The number of hydrogen-bond acceptors (Lipinski definition) is 3. The average molecular weight is 275 g/mol. The first-order valence-electron chi connectivity index (χ1n) is 7.08. The highest BCUT2D eigenvalue weighted by Crippen LogP contribution is 2.13. The van der Waals surface area contributed by atoms with Gasteiger partial charge in [-0.2, -0.15) is 0 Å². The van der Waals surface area contributed by atoms with Gasteiger partial charge in [0.2, 0.25) is 5.91 Å². The van der Waals surface area contributed by atoms with E-state index in [-0.39, 0.29) is 12.0 Å². The van der Waals surface area contributed by atoms with E-state index in [0.29, 0.717) is 13.2 Å². The zero-order valence-corrected chi connectivity index (χ0v) is 11.8. The van der Waals surface area contributed by atoms with Crippen LogP contribution in [0.5, 0.6) is 5.75 Å². The molecule has 0 aromatic heterocycles. The second-order valence-corrected chi connectivity index (χ2v) is 4.72. The highest BCUT2D eigenvalue weighted by atomic mass is 16.5. The van der Waals surface area contributed by atoms with Crippen LogP contribution in [-0.2, 0) is 9.53 Å². The number of carbonyl (C=O) groups excluding carboxylic acids is 1. The Morgan fingerprint density at radius 1 is 1.45 bits per heavy atom. The van der Waals surface area contributed by atoms with E-state index in [1.54, 1.807) is 12.2 Å². The van der Waals surface area contributed by atoms with Crippen LogP contribution in [0, 0.1) is 0 Å². The monoisotopic (exact) mass is 275 g/mol. The maximum absolute atomic E-state index is 11.7. The summed E-state index contributed by atoms with van der Waals surface area (Å²) >= 11 is 0. The number of nitrogens with one attached hydrogen (secondary N) is 1. The number of hydrogen-bond donors (Lipinski definition) is 1. The number of benzene rings is 1. The summed E-state index contributed by atoms with van der Waals surface area (Å²) in [7, 11) is 0. The van der Waals surface area contributed by atoms with Gasteiger partial charge in [-0.25, -0.2) is 0 Å². The third-order valence-electron chi connectivity index (χ3n) is 3.15. The second-order valence-electron chi connectivity index (χ2n) is 4.72. The molecule has 1 aliphatic heterocycles. The number of amides is 1. The molecular weight excluding hydrogens is 254 g/mol. The van der Waals surface area contributed by atoms with Gasteiger partial charge in [-0.15, -0.1) is 0 Å². The molecule has 0 spiro atoms. The predicted molar refractivity (Wildman–Crippen MR) is 78.6 cm³/mol. The minimum absolute atomic E-state index is 0.0885. The molecule has 0 bridgehead atoms. The second kappa shape index (κ2) is 7.70. The summed E-state index contributed by atoms with van der Waals surface area (Å²) < 4.78 is 10.8. The molecule has 1 heterocycles. The lowest BCUT2D eigenvalue weighted by Gasteiger charge is -2.08. The summed E-state index contributed by atoms with van der Waals surface area (Å²) in [6.45, 7) is 4.00. The molecule has 1 aliphatic rings. The number of rotatable bonds is 6. The van der Waals surface area contributed by atoms with Gasteiger partial charge in [-0.05, 0) is 43.5 Å². The summed E-state index contributed by atoms with van der Waals surface area (Å²) in [6, 6.07) is 7.64. The number of carbonyl (C=O) groups is 1. The van der Waals surface area contributed by atoms with E-state index >= 15 is 0 Å². The average Bonchev–Trinajstić information content (AvgIpc) is 2.98. The molecule has 4 nitrogen and oxygen atoms in total. The van der Waals surface area contributed by atoms with Crippen LogP contribution in [0.4, 0.5) is 0 Å². The lowest BCUT2D eigenvalue weighted by molar-refractivity contribution is -0.116. The predicted octanol–water partition coefficient (Wildman–Crippen LogP) is 2.39. The SMILES string of the molecule is CCOc1ccc(/C=C/C(=O)NC[C@H]2CCCO2)cc1. The Kier molecular flexibility index (Phi) is 5.62. The van der Waals surface area contributed by atoms with Crippen LogP contribution < -0.4 is 10.1 Å². The van der Waals surface area contributed by atoms with E-state index in [0.717, 1.165) is 30.8 Å². The minimum Gasteiger partial charge on any atom is -0.494 e. The van der Waals surface area contributed by atoms with Crippen LogP contribution in [0.2, 0.25) is 0 Å². The minimum atomic E-state index is -0.0885. The van der Waals surface area contributed by atoms with E-state index in [9.17, 15) is 4.79 Å². The van der Waals surface area contributed by atoms with Gasteiger partial charge in [-0.1, -0.05) is 12.1 Å². The van der Waals surface area contributed by atoms with Crippen LogP contribution in [0.15, 0.2) is 30.3 Å². The molecule has 0 radical (unpaired) electrons. The summed E-state index contributed by atoms with van der Waals surface area (Å²) in [6.07, 6.45) is 5.63. The Morgan fingerprint density at radius 2 is 2.25 bits per heavy atom. The Morgan fingerprint density at radius 3 is 2.90 bits per heavy atom. The highest BCUT2D eigenvalue weighted by molar-refractivity contribution is 5.91. The quantitative estimate of drug-likeness (QED) is 0.811. The van der Waals surface area contributed by atoms with Crippen molar-refractivity contribution in [3.63, 3.8) is 0 Å². The zero-order chi connectivity index (χ0) is 14.2. The van der Waals surface area contributed by atoms with Gasteiger partial charge in [-0.3, -0.25) is 4.79 Å². The topological polar surface area (TPSA) is 47.6 Å². The van der Waals surface area contributed by atoms with Crippen molar-refractivity contribution in [2.75, 3.05) is 19.8 Å². The van der Waals surface area contributed by atoms with Gasteiger partial charge in [0.1, 0.15) is 5.75 Å². The molecule has 1 atom stereocenters. The normalized spacial score (nSPS) is 18.4. The molecule has 4 heteroatoms. The van der Waals surface area contributed by atoms with Crippen LogP contribution in [0.1, 0.15) is 25.3 Å². The standard InChI is InChI=1S/C16H21NO3/c1-2-19-14-8-5-13(6-9-14)7-10-16(18)17-12-15-4-3-11-20-15/h5-10,15H,2-4,11-12H2,1H3,(H,17,18)/b10-7+/t15-/m1/s1. The van der Waals surface area contributed by atoms with Crippen molar-refractivity contribution in [3.05, 3.63) is 35.9 Å². The summed E-state index contributed by atoms with van der Waals surface area (Å²) in [5.41, 5.74) is 0.973. The lowest BCUT2D eigenvalue weighted by atomic mass is 10.2. The van der Waals surface area contributed by atoms with Gasteiger partial charge in [0.05, 0.1) is 12.7 Å². The van der Waals surface area contributed by atoms with Gasteiger partial charge in [0.25, 0.3) is 0 Å². The fourth-order valence-electron chi connectivity index (χ4n) is 2.09. The molecule has 20 heavy (non-hydrogen) atoms. The first kappa shape index (κ1) is 14.6. The molecule has 0 unspecified atom stereocenters. The van der Waals surface area contributed by atoms with E-state index in [1.807, 2.05) is 31.2 Å². The van der Waals surface area contributed by atoms with Crippen molar-refractivity contribution in [2.24, 2.45) is 0 Å². The van der Waals surface area contributed by atoms with Gasteiger partial charge < -0.3 is 14.8 Å². The molecule has 1 aromatic rings. The third kappa shape index (κ3) is 4.70. The molecule has 1 amide bonds. The van der Waals surface area contributed by atoms with Gasteiger partial charge >= 0.3 is 0 Å². The highest BCUT2D eigenvalue weighted by Gasteiger charge is 2.15. The Labute approximate surface area is 119 Å². The lowest BCUT2D eigenvalue weighted by Crippen LogP contribution is -2.30. The van der Waals surface area contributed by atoms with Crippen LogP contribution in [0.25, 0.3) is 6.08 Å². The number of ether oxygens (including phenoxy) is 2. The zero-order valence-electron chi connectivity index (χ0n) is 11.8. The molecule has 1 saturated heterocycles. The van der Waals surface area contributed by atoms with E-state index < -0.39 is 0 Å². The first-order chi connectivity index (χ1) is 9.78. The summed E-state index contributed by atoms with van der Waals surface area (Å²) in [5, 5.41) is 2.85. The van der Waals surface area contributed by atoms with Crippen molar-refractivity contribution in [3.8, 4) is 5.75 Å². The van der Waals surface area contributed by atoms with Crippen LogP contribution >= 0.6 is 0 Å². The maximum Gasteiger partial charge on any atom is 0.244 e. The van der Waals surface area contributed by atoms with E-state index in [4.69, 9.17) is 9.47 Å². The molecule has 2 rings (SSSR count). The van der Waals surface area contributed by atoms with Crippen molar-refractivity contribution < 1.29 is 14.3 Å². The Bertz CT molecular complexity index is 447. The van der Waals surface area contributed by atoms with Gasteiger partial charge in [0, 0.05) is 19.2 Å². The maximum atomic E-state index is 11.7. The van der Waals surface area contributed by atoms with E-state index in [2.05, 4.69) is 5.32 Å². The molecule has 0 saturated carbocycles. The molecule has 1 aromatic carbocycles. The summed E-state index contributed by atoms with van der Waals surface area (Å²) in [4.78, 5) is 11.7. The Hall–Kier alpha value is -1.81.